The summed E-state index contributed by atoms with van der Waals surface area (Å²) in [6.07, 6.45) is 0. The number of aromatic nitrogens is 2. The summed E-state index contributed by atoms with van der Waals surface area (Å²) in [4.78, 5) is 12.6. The second-order valence-electron chi connectivity index (χ2n) is 10.6. The Bertz CT molecular complexity index is 1910. The van der Waals surface area contributed by atoms with Gasteiger partial charge >= 0.3 is 0 Å². The van der Waals surface area contributed by atoms with Crippen LogP contribution in [-0.4, -0.2) is 33.7 Å². The normalized spacial score (nSPS) is 15.2. The van der Waals surface area contributed by atoms with Crippen LogP contribution in [0, 0.1) is 20.8 Å². The van der Waals surface area contributed by atoms with Gasteiger partial charge in [-0.3, -0.25) is 0 Å². The maximum Gasteiger partial charge on any atom is 0.179 e. The summed E-state index contributed by atoms with van der Waals surface area (Å²) in [6.45, 7) is 6.22. The number of ether oxygens (including phenoxy) is 1. The van der Waals surface area contributed by atoms with Gasteiger partial charge in [-0.05, 0) is 86.0 Å². The number of amidine groups is 2. The molecule has 0 bridgehead atoms. The average molecular weight is 555 g/mol. The van der Waals surface area contributed by atoms with E-state index in [1.807, 2.05) is 72.3 Å². The molecular weight excluding hydrogens is 524 g/mol. The van der Waals surface area contributed by atoms with Crippen LogP contribution in [0.15, 0.2) is 101 Å². The third-order valence-corrected chi connectivity index (χ3v) is 7.93. The molecule has 0 saturated heterocycles. The van der Waals surface area contributed by atoms with Crippen LogP contribution in [0.5, 0.6) is 11.5 Å². The first-order valence-electron chi connectivity index (χ1n) is 13.8. The van der Waals surface area contributed by atoms with Gasteiger partial charge in [-0.25, -0.2) is 14.7 Å². The predicted octanol–water partition coefficient (Wildman–Crippen LogP) is 7.31. The zero-order chi connectivity index (χ0) is 29.0. The number of nitrogens with one attached hydrogen (secondary N) is 1. The first-order valence-corrected chi connectivity index (χ1v) is 13.8. The average Bonchev–Trinajstić information content (AvgIpc) is 3.34. The maximum atomic E-state index is 10.5. The van der Waals surface area contributed by atoms with Crippen molar-refractivity contribution in [1.82, 2.24) is 9.78 Å². The molecule has 8 nitrogen and oxygen atoms in total. The molecule has 8 heteroatoms. The lowest BCUT2D eigenvalue weighted by atomic mass is 9.93. The zero-order valence-corrected chi connectivity index (χ0v) is 23.8. The Kier molecular flexibility index (Phi) is 6.04. The number of fused-ring (bicyclic) bond motifs is 4. The fourth-order valence-corrected chi connectivity index (χ4v) is 5.68. The van der Waals surface area contributed by atoms with Crippen molar-refractivity contribution in [3.05, 3.63) is 119 Å². The highest BCUT2D eigenvalue weighted by Crippen LogP contribution is 2.49. The van der Waals surface area contributed by atoms with E-state index in [-0.39, 0.29) is 11.8 Å². The Labute approximate surface area is 244 Å². The fraction of sp³-hybridized carbons (Fsp3) is 0.147. The van der Waals surface area contributed by atoms with Gasteiger partial charge in [-0.2, -0.15) is 5.10 Å². The molecule has 0 fully saturated rings. The van der Waals surface area contributed by atoms with Crippen molar-refractivity contribution in [2.45, 2.75) is 26.8 Å². The smallest absolute Gasteiger partial charge is 0.179 e. The van der Waals surface area contributed by atoms with Crippen molar-refractivity contribution >= 4 is 34.6 Å². The molecule has 2 aliphatic heterocycles. The van der Waals surface area contributed by atoms with E-state index in [4.69, 9.17) is 19.8 Å². The number of aliphatic imine (C=N–C) groups is 2. The quantitative estimate of drug-likeness (QED) is 0.243. The fourth-order valence-electron chi connectivity index (χ4n) is 5.68. The Balaban J connectivity index is 1.50. The van der Waals surface area contributed by atoms with Gasteiger partial charge in [-0.15, -0.1) is 0 Å². The number of hydrogen-bond acceptors (Lipinski definition) is 7. The number of aryl methyl sites for hydroxylation is 3. The summed E-state index contributed by atoms with van der Waals surface area (Å²) in [5.74, 6) is 2.53. The first kappa shape index (κ1) is 25.6. The van der Waals surface area contributed by atoms with Gasteiger partial charge in [0.15, 0.2) is 29.0 Å². The van der Waals surface area contributed by atoms with Crippen molar-refractivity contribution in [3.63, 3.8) is 0 Å². The van der Waals surface area contributed by atoms with Crippen molar-refractivity contribution in [2.24, 2.45) is 9.98 Å². The number of hydrogen-bond donors (Lipinski definition) is 2. The molecule has 2 N–H and O–H groups in total. The second-order valence-corrected chi connectivity index (χ2v) is 10.6. The largest absolute Gasteiger partial charge is 0.504 e. The molecule has 7 rings (SSSR count). The van der Waals surface area contributed by atoms with E-state index in [0.29, 0.717) is 17.4 Å². The van der Waals surface area contributed by atoms with Gasteiger partial charge in [0.25, 0.3) is 0 Å². The number of phenolic OH excluding ortho intramolecular Hbond substituents is 1. The summed E-state index contributed by atoms with van der Waals surface area (Å²) in [6, 6.07) is 29.6. The molecule has 0 unspecified atom stereocenters. The zero-order valence-electron chi connectivity index (χ0n) is 23.8. The lowest BCUT2D eigenvalue weighted by Gasteiger charge is -2.40. The van der Waals surface area contributed by atoms with Gasteiger partial charge in [0, 0.05) is 11.3 Å². The van der Waals surface area contributed by atoms with Crippen molar-refractivity contribution in [3.8, 4) is 17.2 Å². The van der Waals surface area contributed by atoms with Gasteiger partial charge in [0.2, 0.25) is 0 Å². The van der Waals surface area contributed by atoms with E-state index in [9.17, 15) is 5.11 Å². The second kappa shape index (κ2) is 9.92. The lowest BCUT2D eigenvalue weighted by molar-refractivity contribution is 0.372. The number of para-hydroxylation sites is 3. The highest BCUT2D eigenvalue weighted by molar-refractivity contribution is 6.51. The van der Waals surface area contributed by atoms with Crippen LogP contribution in [0.3, 0.4) is 0 Å². The Morgan fingerprint density at radius 1 is 0.833 bits per heavy atom. The summed E-state index contributed by atoms with van der Waals surface area (Å²) >= 11 is 0. The van der Waals surface area contributed by atoms with E-state index < -0.39 is 0 Å². The number of rotatable bonds is 4. The third-order valence-electron chi connectivity index (χ3n) is 7.93. The standard InChI is InChI=1S/C34H30N6O2/c1-20-14-16-24(18-21(20)2)35-32-34-37-33-30(22(3)38-40(33)25-10-6-5-7-11-25)31(23-15-17-28(41)29(19-23)42-4)39(34)27-13-9-8-12-26(27)36-32/h5-19,31,41H,1-4H3,(H,35,36)/t31-/m1/s1. The molecule has 42 heavy (non-hydrogen) atoms. The van der Waals surface area contributed by atoms with Crippen molar-refractivity contribution in [1.29, 1.82) is 0 Å². The van der Waals surface area contributed by atoms with Gasteiger partial charge in [0.05, 0.1) is 35.9 Å². The van der Waals surface area contributed by atoms with Crippen molar-refractivity contribution in [2.75, 3.05) is 17.3 Å². The Morgan fingerprint density at radius 2 is 1.62 bits per heavy atom. The summed E-state index contributed by atoms with van der Waals surface area (Å²) < 4.78 is 7.44. The molecule has 208 valence electrons. The number of nitrogens with zero attached hydrogens (tertiary/aromatic N) is 5. The molecule has 2 aliphatic rings. The topological polar surface area (TPSA) is 87.3 Å². The molecule has 1 aromatic heterocycles. The molecule has 0 radical (unpaired) electrons. The molecule has 0 saturated carbocycles. The van der Waals surface area contributed by atoms with E-state index in [1.165, 1.54) is 11.1 Å². The first-order chi connectivity index (χ1) is 20.4. The number of benzene rings is 4. The molecule has 1 atom stereocenters. The molecule has 5 aromatic rings. The maximum absolute atomic E-state index is 10.5. The highest BCUT2D eigenvalue weighted by Gasteiger charge is 2.41. The summed E-state index contributed by atoms with van der Waals surface area (Å²) in [5.41, 5.74) is 8.77. The number of phenols is 1. The molecular formula is C34H30N6O2. The van der Waals surface area contributed by atoms with E-state index >= 15 is 0 Å². The minimum atomic E-state index is -0.326. The number of anilines is 2. The monoisotopic (exact) mass is 554 g/mol. The van der Waals surface area contributed by atoms with E-state index in [2.05, 4.69) is 48.3 Å². The van der Waals surface area contributed by atoms with Gasteiger partial charge in [-0.1, -0.05) is 42.5 Å². The third kappa shape index (κ3) is 4.11. The van der Waals surface area contributed by atoms with Crippen LogP contribution in [-0.2, 0) is 0 Å². The SMILES string of the molecule is COc1cc([C@@H]2c3c(C)nn(-c4ccccc4)c3N=C3C(Nc4ccc(C)c(C)c4)=Nc4ccccc4N32)ccc1O. The van der Waals surface area contributed by atoms with Gasteiger partial charge in [0.1, 0.15) is 0 Å². The van der Waals surface area contributed by atoms with Crippen LogP contribution < -0.4 is 15.0 Å². The molecule has 0 spiro atoms. The molecule has 3 heterocycles. The lowest BCUT2D eigenvalue weighted by Crippen LogP contribution is -2.46. The Hall–Kier alpha value is -5.37. The summed E-state index contributed by atoms with van der Waals surface area (Å²) in [7, 11) is 1.56. The van der Waals surface area contributed by atoms with Crippen LogP contribution >= 0.6 is 0 Å². The minimum absolute atomic E-state index is 0.0839. The van der Waals surface area contributed by atoms with E-state index in [0.717, 1.165) is 45.4 Å². The molecule has 0 aliphatic carbocycles. The summed E-state index contributed by atoms with van der Waals surface area (Å²) in [5, 5.41) is 19.0. The van der Waals surface area contributed by atoms with Crippen LogP contribution in [0.25, 0.3) is 5.69 Å². The highest BCUT2D eigenvalue weighted by atomic mass is 16.5. The van der Waals surface area contributed by atoms with Crippen LogP contribution in [0.2, 0.25) is 0 Å². The number of aromatic hydroxyl groups is 1. The van der Waals surface area contributed by atoms with Gasteiger partial charge < -0.3 is 20.1 Å². The minimum Gasteiger partial charge on any atom is -0.504 e. The van der Waals surface area contributed by atoms with E-state index in [1.54, 1.807) is 13.2 Å². The van der Waals surface area contributed by atoms with Crippen molar-refractivity contribution < 1.29 is 9.84 Å². The predicted molar refractivity (Wildman–Crippen MR) is 167 cm³/mol. The molecule has 0 amide bonds. The number of methoxy groups -OCH3 is 1. The van der Waals surface area contributed by atoms with Crippen LogP contribution in [0.4, 0.5) is 22.9 Å². The van der Waals surface area contributed by atoms with Crippen LogP contribution in [0.1, 0.15) is 34.0 Å². The Morgan fingerprint density at radius 3 is 2.40 bits per heavy atom. The molecule has 4 aromatic carbocycles.